The molecule has 2 aromatic carbocycles. The molecule has 0 amide bonds. The van der Waals surface area contributed by atoms with Crippen molar-refractivity contribution in [2.45, 2.75) is 4.90 Å². The summed E-state index contributed by atoms with van der Waals surface area (Å²) in [5.41, 5.74) is 0.383. The van der Waals surface area contributed by atoms with E-state index in [1.54, 1.807) is 30.3 Å². The minimum Gasteiger partial charge on any atom is -0.497 e. The number of rotatable bonds is 4. The van der Waals surface area contributed by atoms with Gasteiger partial charge in [-0.15, -0.1) is 0 Å². The summed E-state index contributed by atoms with van der Waals surface area (Å²) in [6.45, 7) is 0. The molecule has 20 heavy (non-hydrogen) atoms. The summed E-state index contributed by atoms with van der Waals surface area (Å²) in [6.07, 6.45) is 0. The summed E-state index contributed by atoms with van der Waals surface area (Å²) in [7, 11) is -2.15. The summed E-state index contributed by atoms with van der Waals surface area (Å²) in [5.74, 6) is 0.591. The number of sulfonamides is 1. The summed E-state index contributed by atoms with van der Waals surface area (Å²) >= 11 is 9.18. The predicted octanol–water partition coefficient (Wildman–Crippen LogP) is 3.91. The van der Waals surface area contributed by atoms with Gasteiger partial charge in [0.1, 0.15) is 5.75 Å². The normalized spacial score (nSPS) is 11.2. The van der Waals surface area contributed by atoms with Crippen LogP contribution in [0.1, 0.15) is 0 Å². The van der Waals surface area contributed by atoms with Crippen molar-refractivity contribution < 1.29 is 13.2 Å². The van der Waals surface area contributed by atoms with E-state index in [4.69, 9.17) is 16.3 Å². The number of methoxy groups -OCH3 is 1. The zero-order chi connectivity index (χ0) is 14.8. The van der Waals surface area contributed by atoms with Gasteiger partial charge in [-0.05, 0) is 52.3 Å². The molecule has 0 unspecified atom stereocenters. The van der Waals surface area contributed by atoms with Crippen molar-refractivity contribution >= 4 is 43.2 Å². The van der Waals surface area contributed by atoms with Crippen LogP contribution < -0.4 is 9.46 Å². The van der Waals surface area contributed by atoms with Crippen LogP contribution in [0, 0.1) is 0 Å². The van der Waals surface area contributed by atoms with Crippen molar-refractivity contribution in [3.63, 3.8) is 0 Å². The summed E-state index contributed by atoms with van der Waals surface area (Å²) in [4.78, 5) is 0.144. The second kappa shape index (κ2) is 6.03. The first-order valence-electron chi connectivity index (χ1n) is 5.55. The van der Waals surface area contributed by atoms with Gasteiger partial charge in [0.2, 0.25) is 0 Å². The maximum absolute atomic E-state index is 12.2. The predicted molar refractivity (Wildman–Crippen MR) is 83.0 cm³/mol. The van der Waals surface area contributed by atoms with Crippen LogP contribution in [0.15, 0.2) is 51.8 Å². The molecule has 1 N–H and O–H groups in total. The highest BCUT2D eigenvalue weighted by atomic mass is 79.9. The third-order valence-electron chi connectivity index (χ3n) is 2.57. The van der Waals surface area contributed by atoms with Gasteiger partial charge in [0.25, 0.3) is 10.0 Å². The average molecular weight is 377 g/mol. The lowest BCUT2D eigenvalue weighted by atomic mass is 10.3. The zero-order valence-electron chi connectivity index (χ0n) is 10.4. The molecule has 0 aliphatic carbocycles. The van der Waals surface area contributed by atoms with Crippen molar-refractivity contribution in [1.29, 1.82) is 0 Å². The van der Waals surface area contributed by atoms with Crippen molar-refractivity contribution in [1.82, 2.24) is 0 Å². The van der Waals surface area contributed by atoms with Gasteiger partial charge < -0.3 is 4.74 Å². The fourth-order valence-electron chi connectivity index (χ4n) is 1.54. The first-order chi connectivity index (χ1) is 9.44. The zero-order valence-corrected chi connectivity index (χ0v) is 13.6. The lowest BCUT2D eigenvalue weighted by Crippen LogP contribution is -2.13. The Labute approximate surface area is 130 Å². The fourth-order valence-corrected chi connectivity index (χ4v) is 3.28. The molecule has 0 atom stereocenters. The van der Waals surface area contributed by atoms with Gasteiger partial charge in [-0.1, -0.05) is 17.7 Å². The lowest BCUT2D eigenvalue weighted by molar-refractivity contribution is 0.414. The Balaban J connectivity index is 2.33. The average Bonchev–Trinajstić information content (AvgIpc) is 2.44. The van der Waals surface area contributed by atoms with E-state index in [9.17, 15) is 8.42 Å². The molecule has 2 rings (SSSR count). The largest absolute Gasteiger partial charge is 0.497 e. The molecule has 2 aromatic rings. The Kier molecular flexibility index (Phi) is 4.57. The number of hydrogen-bond donors (Lipinski definition) is 1. The highest BCUT2D eigenvalue weighted by molar-refractivity contribution is 9.10. The van der Waals surface area contributed by atoms with Crippen LogP contribution >= 0.6 is 27.5 Å². The van der Waals surface area contributed by atoms with Gasteiger partial charge in [-0.25, -0.2) is 8.42 Å². The molecule has 0 saturated carbocycles. The molecule has 106 valence electrons. The van der Waals surface area contributed by atoms with Gasteiger partial charge in [-0.3, -0.25) is 4.72 Å². The first kappa shape index (κ1) is 15.2. The number of benzene rings is 2. The topological polar surface area (TPSA) is 55.4 Å². The Hall–Kier alpha value is -1.24. The second-order valence-electron chi connectivity index (χ2n) is 3.88. The van der Waals surface area contributed by atoms with E-state index >= 15 is 0 Å². The Bertz CT molecular complexity index is 717. The van der Waals surface area contributed by atoms with Gasteiger partial charge in [0.05, 0.1) is 27.2 Å². The van der Waals surface area contributed by atoms with Crippen LogP contribution in [-0.2, 0) is 10.0 Å². The van der Waals surface area contributed by atoms with Gasteiger partial charge in [0, 0.05) is 0 Å². The van der Waals surface area contributed by atoms with Crippen molar-refractivity contribution in [2.75, 3.05) is 11.8 Å². The van der Waals surface area contributed by atoms with E-state index < -0.39 is 10.0 Å². The molecular weight excluding hydrogens is 366 g/mol. The monoisotopic (exact) mass is 375 g/mol. The fraction of sp³-hybridized carbons (Fsp3) is 0.0769. The van der Waals surface area contributed by atoms with Crippen LogP contribution in [-0.4, -0.2) is 15.5 Å². The van der Waals surface area contributed by atoms with E-state index in [-0.39, 0.29) is 4.90 Å². The quantitative estimate of drug-likeness (QED) is 0.880. The summed E-state index contributed by atoms with van der Waals surface area (Å²) in [6, 6.07) is 11.1. The minimum absolute atomic E-state index is 0.144. The second-order valence-corrected chi connectivity index (χ2v) is 6.77. The van der Waals surface area contributed by atoms with Gasteiger partial charge in [-0.2, -0.15) is 0 Å². The van der Waals surface area contributed by atoms with Crippen LogP contribution in [0.25, 0.3) is 0 Å². The summed E-state index contributed by atoms with van der Waals surface area (Å²) < 4.78 is 32.5. The SMILES string of the molecule is COc1ccc(S(=O)(=O)Nc2cccc(Cl)c2Br)cc1. The molecule has 0 bridgehead atoms. The van der Waals surface area contributed by atoms with Gasteiger partial charge >= 0.3 is 0 Å². The Morgan fingerprint density at radius 2 is 1.80 bits per heavy atom. The van der Waals surface area contributed by atoms with E-state index in [1.165, 1.54) is 19.2 Å². The van der Waals surface area contributed by atoms with E-state index in [1.807, 2.05) is 0 Å². The molecule has 0 aliphatic rings. The molecule has 0 radical (unpaired) electrons. The third-order valence-corrected chi connectivity index (χ3v) is 5.34. The Morgan fingerprint density at radius 1 is 1.15 bits per heavy atom. The number of nitrogens with one attached hydrogen (secondary N) is 1. The highest BCUT2D eigenvalue weighted by Crippen LogP contribution is 2.31. The number of anilines is 1. The van der Waals surface area contributed by atoms with Crippen molar-refractivity contribution in [3.05, 3.63) is 52.0 Å². The molecular formula is C13H11BrClNO3S. The molecule has 4 nitrogen and oxygen atoms in total. The summed E-state index contributed by atoms with van der Waals surface area (Å²) in [5, 5.41) is 0.430. The standard InChI is InChI=1S/C13H11BrClNO3S/c1-19-9-5-7-10(8-6-9)20(17,18)16-12-4-2-3-11(15)13(12)14/h2-8,16H,1H3. The molecule has 0 aliphatic heterocycles. The molecule has 0 fully saturated rings. The van der Waals surface area contributed by atoms with Crippen molar-refractivity contribution in [2.24, 2.45) is 0 Å². The van der Waals surface area contributed by atoms with Crippen LogP contribution in [0.2, 0.25) is 5.02 Å². The lowest BCUT2D eigenvalue weighted by Gasteiger charge is -2.11. The smallest absolute Gasteiger partial charge is 0.261 e. The molecule has 0 saturated heterocycles. The molecule has 0 spiro atoms. The molecule has 0 aromatic heterocycles. The number of hydrogen-bond acceptors (Lipinski definition) is 3. The third kappa shape index (κ3) is 3.26. The maximum atomic E-state index is 12.2. The maximum Gasteiger partial charge on any atom is 0.261 e. The first-order valence-corrected chi connectivity index (χ1v) is 8.20. The van der Waals surface area contributed by atoms with E-state index in [2.05, 4.69) is 20.7 Å². The molecule has 7 heteroatoms. The van der Waals surface area contributed by atoms with Crippen LogP contribution in [0.4, 0.5) is 5.69 Å². The minimum atomic E-state index is -3.67. The number of ether oxygens (including phenoxy) is 1. The van der Waals surface area contributed by atoms with E-state index in [0.29, 0.717) is 20.9 Å². The van der Waals surface area contributed by atoms with Crippen LogP contribution in [0.5, 0.6) is 5.75 Å². The van der Waals surface area contributed by atoms with E-state index in [0.717, 1.165) is 0 Å². The molecule has 0 heterocycles. The van der Waals surface area contributed by atoms with Gasteiger partial charge in [0.15, 0.2) is 0 Å². The highest BCUT2D eigenvalue weighted by Gasteiger charge is 2.16. The van der Waals surface area contributed by atoms with Crippen LogP contribution in [0.3, 0.4) is 0 Å². The Morgan fingerprint density at radius 3 is 2.40 bits per heavy atom. The van der Waals surface area contributed by atoms with Crippen molar-refractivity contribution in [3.8, 4) is 5.75 Å². The number of halogens is 2.